The Balaban J connectivity index is 0.000000126. The molecule has 0 fully saturated rings. The lowest BCUT2D eigenvalue weighted by molar-refractivity contribution is 1.07. The topological polar surface area (TPSA) is 82.3 Å². The van der Waals surface area contributed by atoms with E-state index in [2.05, 4.69) is 217 Å². The molecule has 20 rings (SSSR count). The first kappa shape index (κ1) is 60.6. The number of benzene rings is 14. The van der Waals surface area contributed by atoms with Gasteiger partial charge in [-0.05, 0) is 157 Å². The first-order valence-electron chi connectivity index (χ1n) is 34.2. The van der Waals surface area contributed by atoms with Gasteiger partial charge in [0.05, 0.1) is 11.0 Å². The first-order valence-corrected chi connectivity index (χ1v) is 34.6. The van der Waals surface area contributed by atoms with E-state index in [-0.39, 0.29) is 0 Å². The van der Waals surface area contributed by atoms with Crippen LogP contribution in [0.15, 0.2) is 340 Å². The molecule has 14 aromatic carbocycles. The summed E-state index contributed by atoms with van der Waals surface area (Å²) in [5.41, 5.74) is 29.9. The fourth-order valence-electron chi connectivity index (χ4n) is 14.8. The Morgan fingerprint density at radius 3 is 0.871 bits per heavy atom. The Hall–Kier alpha value is -12.8. The maximum absolute atomic E-state index is 6.42. The number of halogens is 1. The van der Waals surface area contributed by atoms with E-state index in [9.17, 15) is 0 Å². The Morgan fingerprint density at radius 1 is 0.208 bits per heavy atom. The lowest BCUT2D eigenvalue weighted by Crippen LogP contribution is -2.00. The molecule has 3 aliphatic rings. The molecule has 101 heavy (non-hydrogen) atoms. The average molecular weight is 1310 g/mol. The summed E-state index contributed by atoms with van der Waals surface area (Å²) in [6, 6.07) is 119. The number of hydrogen-bond acceptors (Lipinski definition) is 6. The second kappa shape index (κ2) is 26.2. The van der Waals surface area contributed by atoms with Crippen LogP contribution in [0.25, 0.3) is 151 Å². The van der Waals surface area contributed by atoms with Gasteiger partial charge in [-0.2, -0.15) is 0 Å². The number of para-hydroxylation sites is 2. The molecule has 3 aromatic heterocycles. The summed E-state index contributed by atoms with van der Waals surface area (Å²) >= 11 is 6.42. The van der Waals surface area contributed by atoms with E-state index in [1.807, 2.05) is 127 Å². The lowest BCUT2D eigenvalue weighted by atomic mass is 9.93. The van der Waals surface area contributed by atoms with E-state index in [4.69, 9.17) is 41.5 Å². The van der Waals surface area contributed by atoms with Crippen molar-refractivity contribution < 1.29 is 0 Å². The van der Waals surface area contributed by atoms with Gasteiger partial charge >= 0.3 is 0 Å². The molecule has 3 heterocycles. The third kappa shape index (κ3) is 11.6. The SMILES string of the molecule is Clc1ccc2c(c1)-c1ccccc1-c1cc(-c3nc(-c4ccccc4)nc(-c4ccccc4)n3)ccc1C2.c1ccc(-c2nc(-c3ccccc3)nc(-c3ccc4c(c3)-c3ccccc3-c3cc(-n5c6ccccc6c6ccccc65)ccc3C4)n2)cc1.c1ccc2c(c1)Cc1ccccc1-2. The fraction of sp³-hybridized carbons (Fsp3) is 0.0323. The highest BCUT2D eigenvalue weighted by atomic mass is 35.5. The van der Waals surface area contributed by atoms with E-state index in [1.54, 1.807) is 0 Å². The predicted molar refractivity (Wildman–Crippen MR) is 414 cm³/mol. The molecule has 0 N–H and O–H groups in total. The minimum Gasteiger partial charge on any atom is -0.309 e. The molecule has 8 heteroatoms. The summed E-state index contributed by atoms with van der Waals surface area (Å²) in [5.74, 6) is 3.96. The third-order valence-electron chi connectivity index (χ3n) is 19.6. The van der Waals surface area contributed by atoms with Crippen LogP contribution in [-0.2, 0) is 19.3 Å². The molecular weight excluding hydrogens is 1250 g/mol. The number of hydrogen-bond donors (Lipinski definition) is 0. The molecule has 0 amide bonds. The molecule has 0 atom stereocenters. The van der Waals surface area contributed by atoms with E-state index >= 15 is 0 Å². The highest BCUT2D eigenvalue weighted by Crippen LogP contribution is 2.46. The minimum atomic E-state index is 0.655. The smallest absolute Gasteiger partial charge is 0.164 e. The van der Waals surface area contributed by atoms with Gasteiger partial charge in [-0.15, -0.1) is 0 Å². The van der Waals surface area contributed by atoms with Crippen molar-refractivity contribution in [1.82, 2.24) is 34.5 Å². The molecule has 7 nitrogen and oxygen atoms in total. The van der Waals surface area contributed by atoms with E-state index < -0.39 is 0 Å². The van der Waals surface area contributed by atoms with Gasteiger partial charge < -0.3 is 4.57 Å². The molecular formula is C93H62ClN7. The molecule has 0 saturated heterocycles. The molecule has 0 bridgehead atoms. The first-order chi connectivity index (χ1) is 50.0. The van der Waals surface area contributed by atoms with Crippen molar-refractivity contribution >= 4 is 33.4 Å². The number of fused-ring (bicyclic) bond motifs is 16. The van der Waals surface area contributed by atoms with Crippen LogP contribution in [0.4, 0.5) is 0 Å². The average Bonchev–Trinajstić information content (AvgIpc) is 1.62. The predicted octanol–water partition coefficient (Wildman–Crippen LogP) is 23.2. The Kier molecular flexibility index (Phi) is 15.7. The van der Waals surface area contributed by atoms with Crippen molar-refractivity contribution in [2.24, 2.45) is 0 Å². The maximum atomic E-state index is 6.42. The molecule has 0 radical (unpaired) electrons. The summed E-state index contributed by atoms with van der Waals surface area (Å²) < 4.78 is 2.40. The van der Waals surface area contributed by atoms with Crippen LogP contribution in [0.3, 0.4) is 0 Å². The third-order valence-corrected chi connectivity index (χ3v) is 19.9. The second-order valence-corrected chi connectivity index (χ2v) is 26.2. The van der Waals surface area contributed by atoms with E-state index in [1.165, 1.54) is 111 Å². The van der Waals surface area contributed by atoms with Crippen molar-refractivity contribution in [2.45, 2.75) is 19.3 Å². The van der Waals surface area contributed by atoms with Crippen molar-refractivity contribution in [3.63, 3.8) is 0 Å². The summed E-state index contributed by atoms with van der Waals surface area (Å²) in [5, 5.41) is 3.28. The molecule has 0 saturated carbocycles. The Morgan fingerprint density at radius 2 is 0.485 bits per heavy atom. The maximum Gasteiger partial charge on any atom is 0.164 e. The van der Waals surface area contributed by atoms with Gasteiger partial charge in [0.1, 0.15) is 0 Å². The monoisotopic (exact) mass is 1310 g/mol. The molecule has 0 unspecified atom stereocenters. The fourth-order valence-corrected chi connectivity index (χ4v) is 14.9. The quantitative estimate of drug-likeness (QED) is 0.158. The van der Waals surface area contributed by atoms with Crippen LogP contribution in [0.1, 0.15) is 33.4 Å². The standard InChI is InChI=1S/C46H30N4.C34H22ClN3.C13H10/c1-3-13-30(14-4-1)44-47-45(31-15-5-2-6-16-31)49-46(48-44)34-24-23-32-27-33-25-26-35(29-41(33)37-18-8-7-17-36(37)40(32)28-34)50-42-21-11-9-19-38(42)39-20-10-12-22-43(39)50;35-27-18-17-25-19-24-15-16-26(20-30(24)28-13-7-8-14-29(28)31(25)21-27)34-37-32(22-9-3-1-4-10-22)36-33(38-34)23-11-5-2-6-12-23;1-3-7-12-10(5-1)9-11-6-2-4-8-13(11)12/h1-26,28-29H,27H2;1-18,20-21H,19H2;1-8H,9H2. The summed E-state index contributed by atoms with van der Waals surface area (Å²) in [6.45, 7) is 0. The van der Waals surface area contributed by atoms with Gasteiger partial charge in [-0.3, -0.25) is 0 Å². The van der Waals surface area contributed by atoms with Crippen molar-refractivity contribution in [1.29, 1.82) is 0 Å². The van der Waals surface area contributed by atoms with Crippen LogP contribution >= 0.6 is 11.6 Å². The highest BCUT2D eigenvalue weighted by Gasteiger charge is 2.25. The number of nitrogens with zero attached hydrogens (tertiary/aromatic N) is 7. The Labute approximate surface area is 591 Å². The largest absolute Gasteiger partial charge is 0.309 e. The van der Waals surface area contributed by atoms with Gasteiger partial charge in [0.2, 0.25) is 0 Å². The van der Waals surface area contributed by atoms with Crippen molar-refractivity contribution in [2.75, 3.05) is 0 Å². The zero-order valence-electron chi connectivity index (χ0n) is 55.0. The van der Waals surface area contributed by atoms with Crippen LogP contribution in [0.2, 0.25) is 5.02 Å². The minimum absolute atomic E-state index is 0.655. The molecule has 3 aliphatic carbocycles. The normalized spacial score (nSPS) is 11.9. The molecule has 476 valence electrons. The molecule has 0 aliphatic heterocycles. The lowest BCUT2D eigenvalue weighted by Gasteiger charge is -2.14. The second-order valence-electron chi connectivity index (χ2n) is 25.8. The van der Waals surface area contributed by atoms with Crippen LogP contribution in [0, 0.1) is 0 Å². The molecule has 0 spiro atoms. The van der Waals surface area contributed by atoms with Crippen molar-refractivity contribution in [3.8, 4) is 130 Å². The van der Waals surface area contributed by atoms with Crippen molar-refractivity contribution in [3.05, 3.63) is 378 Å². The van der Waals surface area contributed by atoms with Crippen LogP contribution in [-0.4, -0.2) is 34.5 Å². The van der Waals surface area contributed by atoms with Gasteiger partial charge in [0.25, 0.3) is 0 Å². The van der Waals surface area contributed by atoms with Gasteiger partial charge in [-0.25, -0.2) is 29.9 Å². The zero-order chi connectivity index (χ0) is 67.2. The van der Waals surface area contributed by atoms with E-state index in [0.717, 1.165) is 63.4 Å². The highest BCUT2D eigenvalue weighted by molar-refractivity contribution is 6.31. The summed E-state index contributed by atoms with van der Waals surface area (Å²) in [4.78, 5) is 29.7. The summed E-state index contributed by atoms with van der Waals surface area (Å²) in [7, 11) is 0. The Bertz CT molecular complexity index is 5800. The van der Waals surface area contributed by atoms with Crippen LogP contribution < -0.4 is 0 Å². The van der Waals surface area contributed by atoms with E-state index in [0.29, 0.717) is 34.9 Å². The zero-order valence-corrected chi connectivity index (χ0v) is 55.7. The number of aromatic nitrogens is 7. The number of rotatable bonds is 7. The molecule has 17 aromatic rings. The summed E-state index contributed by atoms with van der Waals surface area (Å²) in [6.07, 6.45) is 2.76. The van der Waals surface area contributed by atoms with Gasteiger partial charge in [0, 0.05) is 54.9 Å². The van der Waals surface area contributed by atoms with Gasteiger partial charge in [-0.1, -0.05) is 303 Å². The van der Waals surface area contributed by atoms with Gasteiger partial charge in [0.15, 0.2) is 34.9 Å². The van der Waals surface area contributed by atoms with Crippen LogP contribution in [0.5, 0.6) is 0 Å².